The van der Waals surface area contributed by atoms with Gasteiger partial charge in [0.05, 0.1) is 5.71 Å². The van der Waals surface area contributed by atoms with Gasteiger partial charge in [0.2, 0.25) is 17.7 Å². The van der Waals surface area contributed by atoms with Gasteiger partial charge in [-0.05, 0) is 18.6 Å². The van der Waals surface area contributed by atoms with Gasteiger partial charge in [-0.1, -0.05) is 25.0 Å². The van der Waals surface area contributed by atoms with Gasteiger partial charge in [0.25, 0.3) is 5.91 Å². The first kappa shape index (κ1) is 17.0. The van der Waals surface area contributed by atoms with Gasteiger partial charge < -0.3 is 5.32 Å². The molecule has 0 radical (unpaired) electrons. The highest BCUT2D eigenvalue weighted by atomic mass is 16.2. The third-order valence-electron chi connectivity index (χ3n) is 4.32. The summed E-state index contributed by atoms with van der Waals surface area (Å²) in [6.07, 6.45) is 8.96. The Hall–Kier alpha value is -2.83. The molecule has 2 heterocycles. The number of likely N-dealkylation sites (tertiary alicyclic amines) is 1. The van der Waals surface area contributed by atoms with Crippen molar-refractivity contribution in [3.8, 4) is 0 Å². The number of rotatable bonds is 4. The lowest BCUT2D eigenvalue weighted by molar-refractivity contribution is -0.141. The number of aliphatic imine (C=N–C) groups is 1. The molecule has 0 bridgehead atoms. The van der Waals surface area contributed by atoms with Gasteiger partial charge in [-0.2, -0.15) is 0 Å². The first-order valence-electron chi connectivity index (χ1n) is 8.34. The second-order valence-electron chi connectivity index (χ2n) is 6.20. The smallest absolute Gasteiger partial charge is 0.266 e. The molecule has 3 aliphatic rings. The Morgan fingerprint density at radius 3 is 2.64 bits per heavy atom. The number of nitrogens with zero attached hydrogens (tertiary/aromatic N) is 2. The maximum Gasteiger partial charge on any atom is 0.266 e. The molecule has 1 atom stereocenters. The van der Waals surface area contributed by atoms with Crippen molar-refractivity contribution in [2.75, 3.05) is 6.54 Å². The Kier molecular flexibility index (Phi) is 4.74. The fourth-order valence-corrected chi connectivity index (χ4v) is 3.17. The average molecular weight is 341 g/mol. The number of allylic oxidation sites excluding steroid dienone is 3. The van der Waals surface area contributed by atoms with Crippen molar-refractivity contribution in [3.63, 3.8) is 0 Å². The molecule has 25 heavy (non-hydrogen) atoms. The van der Waals surface area contributed by atoms with Crippen molar-refractivity contribution in [3.05, 3.63) is 35.6 Å². The lowest BCUT2D eigenvalue weighted by Gasteiger charge is -2.27. The van der Waals surface area contributed by atoms with Crippen LogP contribution in [0.1, 0.15) is 32.6 Å². The highest BCUT2D eigenvalue weighted by Crippen LogP contribution is 2.29. The van der Waals surface area contributed by atoms with Crippen molar-refractivity contribution in [2.24, 2.45) is 10.9 Å². The Bertz CT molecular complexity index is 757. The number of hydrogen-bond donors (Lipinski definition) is 1. The Labute approximate surface area is 145 Å². The van der Waals surface area contributed by atoms with Crippen LogP contribution in [0.3, 0.4) is 0 Å². The van der Waals surface area contributed by atoms with Crippen LogP contribution in [-0.2, 0) is 19.2 Å². The second-order valence-corrected chi connectivity index (χ2v) is 6.20. The molecule has 7 heteroatoms. The molecule has 0 aromatic rings. The number of carbonyl (C=O) groups excluding carboxylic acids is 4. The molecule has 0 saturated carbocycles. The van der Waals surface area contributed by atoms with Gasteiger partial charge in [-0.3, -0.25) is 24.1 Å². The summed E-state index contributed by atoms with van der Waals surface area (Å²) in [5.41, 5.74) is 2.12. The second kappa shape index (κ2) is 6.96. The van der Waals surface area contributed by atoms with Gasteiger partial charge >= 0.3 is 0 Å². The number of amides is 4. The highest BCUT2D eigenvalue weighted by Gasteiger charge is 2.30. The summed E-state index contributed by atoms with van der Waals surface area (Å²) in [7, 11) is 0. The van der Waals surface area contributed by atoms with Crippen LogP contribution in [0.4, 0.5) is 0 Å². The van der Waals surface area contributed by atoms with Gasteiger partial charge in [0, 0.05) is 30.5 Å². The minimum absolute atomic E-state index is 0.00607. The quantitative estimate of drug-likeness (QED) is 0.773. The van der Waals surface area contributed by atoms with E-state index in [4.69, 9.17) is 0 Å². The molecule has 3 rings (SSSR count). The number of imide groups is 1. The summed E-state index contributed by atoms with van der Waals surface area (Å²) >= 11 is 0. The predicted molar refractivity (Wildman–Crippen MR) is 90.2 cm³/mol. The molecule has 4 amide bonds. The first-order chi connectivity index (χ1) is 12.0. The minimum atomic E-state index is -0.565. The average Bonchev–Trinajstić information content (AvgIpc) is 2.86. The van der Waals surface area contributed by atoms with Gasteiger partial charge in [0.1, 0.15) is 6.54 Å². The Morgan fingerprint density at radius 2 is 1.96 bits per heavy atom. The maximum atomic E-state index is 12.1. The molecule has 0 spiro atoms. The van der Waals surface area contributed by atoms with Crippen LogP contribution in [0.5, 0.6) is 0 Å². The normalized spacial score (nSPS) is 24.2. The summed E-state index contributed by atoms with van der Waals surface area (Å²) in [6, 6.07) is 0. The molecular weight excluding hydrogens is 322 g/mol. The van der Waals surface area contributed by atoms with E-state index in [0.717, 1.165) is 23.3 Å². The van der Waals surface area contributed by atoms with Crippen molar-refractivity contribution in [1.82, 2.24) is 10.2 Å². The lowest BCUT2D eigenvalue weighted by atomic mass is 9.85. The van der Waals surface area contributed by atoms with Gasteiger partial charge in [-0.25, -0.2) is 4.99 Å². The van der Waals surface area contributed by atoms with E-state index in [1.807, 2.05) is 6.08 Å². The topological polar surface area (TPSA) is 95.9 Å². The molecule has 2 aliphatic heterocycles. The molecule has 1 saturated heterocycles. The van der Waals surface area contributed by atoms with Gasteiger partial charge in [0.15, 0.2) is 0 Å². The monoisotopic (exact) mass is 341 g/mol. The van der Waals surface area contributed by atoms with E-state index in [-0.39, 0.29) is 43.0 Å². The van der Waals surface area contributed by atoms with E-state index in [0.29, 0.717) is 11.4 Å². The van der Waals surface area contributed by atoms with E-state index < -0.39 is 5.91 Å². The fourth-order valence-electron chi connectivity index (χ4n) is 3.17. The standard InChI is InChI=1S/C18H19N3O4/c1-2-3-11-8-15(22)20-14-9-12(4-5-13(11)14)19-16(23)10-21-17(24)6-7-18(21)25/h4-5,8-9,13H,2-3,6-7,10H2,1H3,(H,20,22). The zero-order valence-corrected chi connectivity index (χ0v) is 13.9. The highest BCUT2D eigenvalue weighted by molar-refractivity contribution is 6.12. The van der Waals surface area contributed by atoms with Crippen LogP contribution in [0.25, 0.3) is 0 Å². The molecule has 130 valence electrons. The molecule has 7 nitrogen and oxygen atoms in total. The zero-order valence-electron chi connectivity index (χ0n) is 13.9. The van der Waals surface area contributed by atoms with Crippen LogP contribution < -0.4 is 5.32 Å². The van der Waals surface area contributed by atoms with Crippen LogP contribution in [0.15, 0.2) is 40.6 Å². The van der Waals surface area contributed by atoms with Crippen LogP contribution in [0, 0.1) is 5.92 Å². The van der Waals surface area contributed by atoms with Crippen molar-refractivity contribution >= 4 is 29.3 Å². The van der Waals surface area contributed by atoms with Gasteiger partial charge in [-0.15, -0.1) is 0 Å². The van der Waals surface area contributed by atoms with Crippen molar-refractivity contribution in [1.29, 1.82) is 0 Å². The fraction of sp³-hybridized carbons (Fsp3) is 0.389. The van der Waals surface area contributed by atoms with E-state index in [9.17, 15) is 19.2 Å². The van der Waals surface area contributed by atoms with E-state index in [2.05, 4.69) is 17.2 Å². The molecule has 0 aromatic carbocycles. The van der Waals surface area contributed by atoms with Crippen LogP contribution in [0.2, 0.25) is 0 Å². The lowest BCUT2D eigenvalue weighted by Crippen LogP contribution is -2.34. The molecule has 0 aromatic heterocycles. The largest absolute Gasteiger partial charge is 0.325 e. The Morgan fingerprint density at radius 1 is 1.24 bits per heavy atom. The summed E-state index contributed by atoms with van der Waals surface area (Å²) in [6.45, 7) is 1.71. The molecular formula is C18H19N3O4. The van der Waals surface area contributed by atoms with Crippen LogP contribution >= 0.6 is 0 Å². The third kappa shape index (κ3) is 3.65. The zero-order chi connectivity index (χ0) is 18.0. The molecule has 1 unspecified atom stereocenters. The number of carbonyl (C=O) groups is 4. The minimum Gasteiger partial charge on any atom is -0.325 e. The molecule has 1 aliphatic carbocycles. The summed E-state index contributed by atoms with van der Waals surface area (Å²) < 4.78 is 0. The maximum absolute atomic E-state index is 12.1. The SMILES string of the molecule is CCCC1=CC(=O)NC2=CC(=NC(=O)CN3C(=O)CCC3=O)C=CC12. The predicted octanol–water partition coefficient (Wildman–Crippen LogP) is 1.03. The number of fused-ring (bicyclic) bond motifs is 1. The summed E-state index contributed by atoms with van der Waals surface area (Å²) in [5, 5.41) is 2.78. The summed E-state index contributed by atoms with van der Waals surface area (Å²) in [4.78, 5) is 51.9. The Balaban J connectivity index is 1.74. The molecule has 1 fully saturated rings. The van der Waals surface area contributed by atoms with Crippen molar-refractivity contribution < 1.29 is 19.2 Å². The number of nitrogens with one attached hydrogen (secondary N) is 1. The van der Waals surface area contributed by atoms with Crippen molar-refractivity contribution in [2.45, 2.75) is 32.6 Å². The number of hydrogen-bond acceptors (Lipinski definition) is 4. The van der Waals surface area contributed by atoms with E-state index in [1.54, 1.807) is 18.2 Å². The first-order valence-corrected chi connectivity index (χ1v) is 8.34. The molecule has 1 N–H and O–H groups in total. The third-order valence-corrected chi connectivity index (χ3v) is 4.32. The van der Waals surface area contributed by atoms with E-state index in [1.165, 1.54) is 0 Å². The van der Waals surface area contributed by atoms with E-state index >= 15 is 0 Å². The summed E-state index contributed by atoms with van der Waals surface area (Å²) in [5.74, 6) is -1.44. The van der Waals surface area contributed by atoms with Crippen LogP contribution in [-0.4, -0.2) is 40.8 Å².